The van der Waals surface area contributed by atoms with Gasteiger partial charge in [-0.25, -0.2) is 0 Å². The van der Waals surface area contributed by atoms with Gasteiger partial charge >= 0.3 is 5.69 Å². The zero-order valence-corrected chi connectivity index (χ0v) is 11.5. The minimum Gasteiger partial charge on any atom is -0.390 e. The van der Waals surface area contributed by atoms with Crippen molar-refractivity contribution in [1.29, 1.82) is 0 Å². The molecule has 0 aliphatic carbocycles. The normalized spacial score (nSPS) is 14.3. The lowest BCUT2D eigenvalue weighted by molar-refractivity contribution is -0.385. The highest BCUT2D eigenvalue weighted by Crippen LogP contribution is 2.08. The smallest absolute Gasteiger partial charge is 0.306 e. The Morgan fingerprint density at radius 2 is 2.32 bits per heavy atom. The second-order valence-corrected chi connectivity index (χ2v) is 4.63. The van der Waals surface area contributed by atoms with E-state index in [2.05, 4.69) is 24.3 Å². The highest BCUT2D eigenvalue weighted by molar-refractivity contribution is 5.20. The lowest BCUT2D eigenvalue weighted by Crippen LogP contribution is -2.37. The molecule has 2 N–H and O–H groups in total. The van der Waals surface area contributed by atoms with Crippen molar-refractivity contribution in [2.75, 3.05) is 6.54 Å². The summed E-state index contributed by atoms with van der Waals surface area (Å²) in [6, 6.07) is 0.409. The van der Waals surface area contributed by atoms with Crippen molar-refractivity contribution in [3.8, 4) is 0 Å². The number of hydrogen-bond donors (Lipinski definition) is 2. The first-order chi connectivity index (χ1) is 9.06. The second-order valence-electron chi connectivity index (χ2n) is 4.63. The van der Waals surface area contributed by atoms with Crippen molar-refractivity contribution in [1.82, 2.24) is 15.1 Å². The Morgan fingerprint density at radius 3 is 2.84 bits per heavy atom. The zero-order chi connectivity index (χ0) is 14.3. The van der Waals surface area contributed by atoms with E-state index in [4.69, 9.17) is 0 Å². The number of nitro groups is 1. The Hall–Kier alpha value is -1.47. The first-order valence-electron chi connectivity index (χ1n) is 6.65. The highest BCUT2D eigenvalue weighted by atomic mass is 16.6. The topological polar surface area (TPSA) is 93.2 Å². The van der Waals surface area contributed by atoms with Crippen LogP contribution in [0.25, 0.3) is 0 Å². The van der Waals surface area contributed by atoms with Crippen LogP contribution in [0, 0.1) is 10.1 Å². The molecule has 1 aromatic heterocycles. The summed E-state index contributed by atoms with van der Waals surface area (Å²) in [7, 11) is 0. The minimum absolute atomic E-state index is 0.0578. The molecule has 0 aliphatic heterocycles. The van der Waals surface area contributed by atoms with Crippen LogP contribution < -0.4 is 5.32 Å². The van der Waals surface area contributed by atoms with Crippen LogP contribution in [0.2, 0.25) is 0 Å². The molecule has 0 spiro atoms. The van der Waals surface area contributed by atoms with E-state index in [9.17, 15) is 15.2 Å². The maximum atomic E-state index is 10.5. The molecule has 1 heterocycles. The average Bonchev–Trinajstić information content (AvgIpc) is 2.83. The first-order valence-corrected chi connectivity index (χ1v) is 6.65. The molecular weight excluding hydrogens is 248 g/mol. The van der Waals surface area contributed by atoms with Crippen LogP contribution in [-0.4, -0.2) is 38.5 Å². The third kappa shape index (κ3) is 5.35. The van der Waals surface area contributed by atoms with Crippen molar-refractivity contribution in [3.05, 3.63) is 22.5 Å². The monoisotopic (exact) mass is 270 g/mol. The largest absolute Gasteiger partial charge is 0.390 e. The van der Waals surface area contributed by atoms with Gasteiger partial charge in [0, 0.05) is 12.6 Å². The lowest BCUT2D eigenvalue weighted by atomic mass is 10.1. The first kappa shape index (κ1) is 15.6. The third-order valence-electron chi connectivity index (χ3n) is 3.00. The van der Waals surface area contributed by atoms with Crippen molar-refractivity contribution in [2.24, 2.45) is 0 Å². The summed E-state index contributed by atoms with van der Waals surface area (Å²) >= 11 is 0. The van der Waals surface area contributed by atoms with E-state index in [1.54, 1.807) is 0 Å². The van der Waals surface area contributed by atoms with Gasteiger partial charge in [-0.15, -0.1) is 0 Å². The molecule has 1 rings (SSSR count). The van der Waals surface area contributed by atoms with Gasteiger partial charge in [0.2, 0.25) is 0 Å². The zero-order valence-electron chi connectivity index (χ0n) is 11.5. The van der Waals surface area contributed by atoms with Crippen LogP contribution in [0.15, 0.2) is 12.4 Å². The number of aliphatic hydroxyl groups excluding tert-OH is 1. The molecular formula is C12H22N4O3. The van der Waals surface area contributed by atoms with Gasteiger partial charge in [-0.1, -0.05) is 20.3 Å². The quantitative estimate of drug-likeness (QED) is 0.521. The Bertz CT molecular complexity index is 394. The molecule has 108 valence electrons. The maximum absolute atomic E-state index is 10.5. The SMILES string of the molecule is CCCC(CC)NCC(O)Cn1cc([N+](=O)[O-])cn1. The van der Waals surface area contributed by atoms with Crippen LogP contribution in [0.5, 0.6) is 0 Å². The summed E-state index contributed by atoms with van der Waals surface area (Å²) in [5, 5.41) is 27.5. The molecule has 2 unspecified atom stereocenters. The Kier molecular flexibility index (Phi) is 6.44. The van der Waals surface area contributed by atoms with Gasteiger partial charge < -0.3 is 10.4 Å². The second kappa shape index (κ2) is 7.85. The molecule has 0 radical (unpaired) electrons. The van der Waals surface area contributed by atoms with Crippen LogP contribution >= 0.6 is 0 Å². The van der Waals surface area contributed by atoms with E-state index in [1.807, 2.05) is 0 Å². The van der Waals surface area contributed by atoms with Crippen molar-refractivity contribution in [2.45, 2.75) is 51.8 Å². The molecule has 0 saturated heterocycles. The fraction of sp³-hybridized carbons (Fsp3) is 0.750. The molecule has 19 heavy (non-hydrogen) atoms. The minimum atomic E-state index is -0.606. The molecule has 2 atom stereocenters. The number of hydrogen-bond acceptors (Lipinski definition) is 5. The van der Waals surface area contributed by atoms with Crippen molar-refractivity contribution >= 4 is 5.69 Å². The van der Waals surface area contributed by atoms with Gasteiger partial charge in [0.1, 0.15) is 12.4 Å². The molecule has 0 amide bonds. The molecule has 0 aromatic carbocycles. The molecule has 0 aliphatic rings. The van der Waals surface area contributed by atoms with E-state index < -0.39 is 11.0 Å². The third-order valence-corrected chi connectivity index (χ3v) is 3.00. The summed E-state index contributed by atoms with van der Waals surface area (Å²) in [6.07, 6.45) is 5.11. The highest BCUT2D eigenvalue weighted by Gasteiger charge is 2.13. The molecule has 0 fully saturated rings. The number of nitrogens with one attached hydrogen (secondary N) is 1. The van der Waals surface area contributed by atoms with Gasteiger partial charge in [0.25, 0.3) is 0 Å². The summed E-state index contributed by atoms with van der Waals surface area (Å²) in [5.41, 5.74) is -0.0578. The van der Waals surface area contributed by atoms with Crippen molar-refractivity contribution < 1.29 is 10.0 Å². The van der Waals surface area contributed by atoms with Crippen LogP contribution in [-0.2, 0) is 6.54 Å². The van der Waals surface area contributed by atoms with E-state index >= 15 is 0 Å². The predicted molar refractivity (Wildman–Crippen MR) is 71.9 cm³/mol. The number of nitrogens with zero attached hydrogens (tertiary/aromatic N) is 3. The standard InChI is InChI=1S/C12H22N4O3/c1-3-5-10(4-2)13-7-12(17)9-15-8-11(6-14-15)16(18)19/h6,8,10,12-13,17H,3-5,7,9H2,1-2H3. The summed E-state index contributed by atoms with van der Waals surface area (Å²) in [4.78, 5) is 10.0. The fourth-order valence-corrected chi connectivity index (χ4v) is 1.93. The average molecular weight is 270 g/mol. The van der Waals surface area contributed by atoms with E-state index in [-0.39, 0.29) is 12.2 Å². The van der Waals surface area contributed by atoms with Gasteiger partial charge in [0.05, 0.1) is 17.6 Å². The number of aliphatic hydroxyl groups is 1. The summed E-state index contributed by atoms with van der Waals surface area (Å²) in [6.45, 7) is 4.95. The molecule has 0 bridgehead atoms. The molecule has 7 nitrogen and oxygen atoms in total. The predicted octanol–water partition coefficient (Wildman–Crippen LogP) is 1.32. The molecule has 1 aromatic rings. The summed E-state index contributed by atoms with van der Waals surface area (Å²) in [5.74, 6) is 0. The van der Waals surface area contributed by atoms with E-state index in [1.165, 1.54) is 17.1 Å². The maximum Gasteiger partial charge on any atom is 0.306 e. The van der Waals surface area contributed by atoms with Gasteiger partial charge in [0.15, 0.2) is 0 Å². The van der Waals surface area contributed by atoms with Crippen LogP contribution in [0.4, 0.5) is 5.69 Å². The number of aromatic nitrogens is 2. The van der Waals surface area contributed by atoms with Crippen LogP contribution in [0.3, 0.4) is 0 Å². The van der Waals surface area contributed by atoms with Gasteiger partial charge in [-0.05, 0) is 12.8 Å². The molecule has 0 saturated carbocycles. The van der Waals surface area contributed by atoms with Gasteiger partial charge in [-0.3, -0.25) is 14.8 Å². The Balaban J connectivity index is 2.37. The molecule has 7 heteroatoms. The number of rotatable bonds is 9. The van der Waals surface area contributed by atoms with Crippen LogP contribution in [0.1, 0.15) is 33.1 Å². The fourth-order valence-electron chi connectivity index (χ4n) is 1.93. The van der Waals surface area contributed by atoms with Gasteiger partial charge in [-0.2, -0.15) is 5.10 Å². The van der Waals surface area contributed by atoms with Crippen molar-refractivity contribution in [3.63, 3.8) is 0 Å². The van der Waals surface area contributed by atoms with E-state index in [0.29, 0.717) is 12.6 Å². The lowest BCUT2D eigenvalue weighted by Gasteiger charge is -2.18. The Labute approximate surface area is 112 Å². The Morgan fingerprint density at radius 1 is 1.58 bits per heavy atom. The van der Waals surface area contributed by atoms with E-state index in [0.717, 1.165) is 19.3 Å². The summed E-state index contributed by atoms with van der Waals surface area (Å²) < 4.78 is 1.39.